The minimum Gasteiger partial charge on any atom is -0.317 e. The van der Waals surface area contributed by atoms with Crippen LogP contribution in [0.5, 0.6) is 0 Å². The van der Waals surface area contributed by atoms with Crippen LogP contribution in [0.3, 0.4) is 0 Å². The summed E-state index contributed by atoms with van der Waals surface area (Å²) < 4.78 is 39.0. The van der Waals surface area contributed by atoms with Crippen molar-refractivity contribution in [2.24, 2.45) is 0 Å². The lowest BCUT2D eigenvalue weighted by molar-refractivity contribution is 0.488. The van der Waals surface area contributed by atoms with Gasteiger partial charge in [-0.25, -0.2) is 13.2 Å². The fourth-order valence-electron chi connectivity index (χ4n) is 1.98. The van der Waals surface area contributed by atoms with Gasteiger partial charge in [0.25, 0.3) is 0 Å². The number of nitrogens with one attached hydrogen (secondary N) is 1. The maximum atomic E-state index is 13.3. The van der Waals surface area contributed by atoms with Crippen LogP contribution in [0.25, 0.3) is 0 Å². The molecule has 0 aliphatic rings. The van der Waals surface area contributed by atoms with E-state index in [1.807, 2.05) is 0 Å². The van der Waals surface area contributed by atoms with E-state index >= 15 is 0 Å². The smallest absolute Gasteiger partial charge is 0.161 e. The average molecular weight is 273 g/mol. The predicted octanol–water partition coefficient (Wildman–Crippen LogP) is 4.21. The molecule has 1 rings (SSSR count). The van der Waals surface area contributed by atoms with Crippen LogP contribution in [0.1, 0.15) is 44.6 Å². The molecular formula is C15H22F3N. The molecule has 0 saturated carbocycles. The monoisotopic (exact) mass is 273 g/mol. The van der Waals surface area contributed by atoms with Gasteiger partial charge in [-0.15, -0.1) is 0 Å². The molecule has 0 aliphatic carbocycles. The zero-order valence-electron chi connectivity index (χ0n) is 11.4. The molecule has 0 heterocycles. The Labute approximate surface area is 113 Å². The van der Waals surface area contributed by atoms with E-state index < -0.39 is 17.5 Å². The molecule has 0 spiro atoms. The highest BCUT2D eigenvalue weighted by molar-refractivity contribution is 5.20. The Hall–Kier alpha value is -1.03. The third kappa shape index (κ3) is 6.10. The minimum atomic E-state index is -1.12. The van der Waals surface area contributed by atoms with E-state index in [0.717, 1.165) is 51.3 Å². The number of benzene rings is 1. The van der Waals surface area contributed by atoms with E-state index in [9.17, 15) is 13.2 Å². The Morgan fingerprint density at radius 3 is 2.26 bits per heavy atom. The first-order valence-electron chi connectivity index (χ1n) is 6.99. The van der Waals surface area contributed by atoms with Crippen molar-refractivity contribution in [3.05, 3.63) is 35.1 Å². The summed E-state index contributed by atoms with van der Waals surface area (Å²) in [5.41, 5.74) is 0.267. The minimum absolute atomic E-state index is 0.267. The van der Waals surface area contributed by atoms with Crippen LogP contribution in [0.15, 0.2) is 12.1 Å². The molecule has 19 heavy (non-hydrogen) atoms. The second-order valence-electron chi connectivity index (χ2n) is 4.77. The summed E-state index contributed by atoms with van der Waals surface area (Å²) in [6.45, 7) is 4.18. The molecule has 0 amide bonds. The summed E-state index contributed by atoms with van der Waals surface area (Å²) in [6, 6.07) is 1.59. The van der Waals surface area contributed by atoms with Crippen molar-refractivity contribution in [3.63, 3.8) is 0 Å². The fraction of sp³-hybridized carbons (Fsp3) is 0.600. The first-order valence-corrected chi connectivity index (χ1v) is 6.99. The molecule has 1 aromatic carbocycles. The molecule has 0 atom stereocenters. The third-order valence-corrected chi connectivity index (χ3v) is 3.07. The average Bonchev–Trinajstić information content (AvgIpc) is 2.38. The largest absolute Gasteiger partial charge is 0.317 e. The van der Waals surface area contributed by atoms with Crippen LogP contribution in [0, 0.1) is 17.5 Å². The Bertz CT molecular complexity index is 380. The van der Waals surface area contributed by atoms with E-state index in [1.165, 1.54) is 0 Å². The van der Waals surface area contributed by atoms with Gasteiger partial charge in [0, 0.05) is 6.07 Å². The maximum absolute atomic E-state index is 13.3. The van der Waals surface area contributed by atoms with Crippen molar-refractivity contribution < 1.29 is 13.2 Å². The number of unbranched alkanes of at least 4 members (excludes halogenated alkanes) is 3. The second kappa shape index (κ2) is 8.97. The summed E-state index contributed by atoms with van der Waals surface area (Å²) in [6.07, 6.45) is 5.55. The van der Waals surface area contributed by atoms with Crippen molar-refractivity contribution in [2.45, 2.75) is 45.4 Å². The van der Waals surface area contributed by atoms with Gasteiger partial charge in [0.05, 0.1) is 0 Å². The SMILES string of the molecule is CCCNCCCCCCc1cc(F)c(F)cc1F. The summed E-state index contributed by atoms with van der Waals surface area (Å²) in [5.74, 6) is -2.74. The molecule has 1 N–H and O–H groups in total. The van der Waals surface area contributed by atoms with Crippen molar-refractivity contribution in [3.8, 4) is 0 Å². The van der Waals surface area contributed by atoms with Gasteiger partial charge in [-0.2, -0.15) is 0 Å². The zero-order valence-corrected chi connectivity index (χ0v) is 11.4. The summed E-state index contributed by atoms with van der Waals surface area (Å²) >= 11 is 0. The van der Waals surface area contributed by atoms with Crippen LogP contribution in [-0.2, 0) is 6.42 Å². The van der Waals surface area contributed by atoms with Gasteiger partial charge >= 0.3 is 0 Å². The first kappa shape index (κ1) is 16.0. The Morgan fingerprint density at radius 2 is 1.53 bits per heavy atom. The maximum Gasteiger partial charge on any atom is 0.161 e. The lowest BCUT2D eigenvalue weighted by Gasteiger charge is -2.05. The van der Waals surface area contributed by atoms with Gasteiger partial charge in [0.1, 0.15) is 5.82 Å². The molecule has 0 saturated heterocycles. The molecule has 108 valence electrons. The number of aryl methyl sites for hydroxylation is 1. The standard InChI is InChI=1S/C15H22F3N/c1-2-8-19-9-6-4-3-5-7-12-10-14(17)15(18)11-13(12)16/h10-11,19H,2-9H2,1H3. The fourth-order valence-corrected chi connectivity index (χ4v) is 1.98. The van der Waals surface area contributed by atoms with Crippen LogP contribution in [-0.4, -0.2) is 13.1 Å². The van der Waals surface area contributed by atoms with Crippen LogP contribution in [0.4, 0.5) is 13.2 Å². The van der Waals surface area contributed by atoms with Gasteiger partial charge in [-0.05, 0) is 50.4 Å². The van der Waals surface area contributed by atoms with Crippen molar-refractivity contribution in [1.29, 1.82) is 0 Å². The highest BCUT2D eigenvalue weighted by atomic mass is 19.2. The summed E-state index contributed by atoms with van der Waals surface area (Å²) in [7, 11) is 0. The topological polar surface area (TPSA) is 12.0 Å². The Balaban J connectivity index is 2.17. The van der Waals surface area contributed by atoms with E-state index in [2.05, 4.69) is 12.2 Å². The molecule has 1 aromatic rings. The van der Waals surface area contributed by atoms with Gasteiger partial charge in [-0.1, -0.05) is 19.8 Å². The summed E-state index contributed by atoms with van der Waals surface area (Å²) in [5, 5.41) is 3.32. The quantitative estimate of drug-likeness (QED) is 0.525. The number of rotatable bonds is 9. The van der Waals surface area contributed by atoms with Crippen molar-refractivity contribution in [2.75, 3.05) is 13.1 Å². The van der Waals surface area contributed by atoms with E-state index in [1.54, 1.807) is 0 Å². The van der Waals surface area contributed by atoms with Gasteiger partial charge in [0.2, 0.25) is 0 Å². The highest BCUT2D eigenvalue weighted by Crippen LogP contribution is 2.16. The number of halogens is 3. The van der Waals surface area contributed by atoms with E-state index in [4.69, 9.17) is 0 Å². The summed E-state index contributed by atoms with van der Waals surface area (Å²) in [4.78, 5) is 0. The number of hydrogen-bond acceptors (Lipinski definition) is 1. The van der Waals surface area contributed by atoms with Gasteiger partial charge in [0.15, 0.2) is 11.6 Å². The first-order chi connectivity index (χ1) is 9.15. The third-order valence-electron chi connectivity index (χ3n) is 3.07. The van der Waals surface area contributed by atoms with E-state index in [-0.39, 0.29) is 5.56 Å². The predicted molar refractivity (Wildman–Crippen MR) is 71.6 cm³/mol. The van der Waals surface area contributed by atoms with Gasteiger partial charge in [-0.3, -0.25) is 0 Å². The lowest BCUT2D eigenvalue weighted by atomic mass is 10.1. The Kier molecular flexibility index (Phi) is 7.56. The molecule has 0 fully saturated rings. The molecule has 0 radical (unpaired) electrons. The molecule has 1 nitrogen and oxygen atoms in total. The molecule has 4 heteroatoms. The second-order valence-corrected chi connectivity index (χ2v) is 4.77. The van der Waals surface area contributed by atoms with E-state index in [0.29, 0.717) is 12.5 Å². The Morgan fingerprint density at radius 1 is 0.842 bits per heavy atom. The van der Waals surface area contributed by atoms with Crippen molar-refractivity contribution >= 4 is 0 Å². The zero-order chi connectivity index (χ0) is 14.1. The van der Waals surface area contributed by atoms with Crippen LogP contribution < -0.4 is 5.32 Å². The lowest BCUT2D eigenvalue weighted by Crippen LogP contribution is -2.15. The van der Waals surface area contributed by atoms with Crippen molar-refractivity contribution in [1.82, 2.24) is 5.32 Å². The normalized spacial score (nSPS) is 10.9. The van der Waals surface area contributed by atoms with Gasteiger partial charge < -0.3 is 5.32 Å². The molecule has 0 bridgehead atoms. The number of hydrogen-bond donors (Lipinski definition) is 1. The highest BCUT2D eigenvalue weighted by Gasteiger charge is 2.09. The molecular weight excluding hydrogens is 251 g/mol. The van der Waals surface area contributed by atoms with Crippen LogP contribution >= 0.6 is 0 Å². The van der Waals surface area contributed by atoms with Crippen LogP contribution in [0.2, 0.25) is 0 Å². The molecule has 0 aromatic heterocycles. The molecule has 0 aliphatic heterocycles. The molecule has 0 unspecified atom stereocenters.